The minimum atomic E-state index is -0.416. The van der Waals surface area contributed by atoms with Gasteiger partial charge in [-0.05, 0) is 68.7 Å². The number of aromatic nitrogens is 3. The third-order valence-corrected chi connectivity index (χ3v) is 7.11. The predicted octanol–water partition coefficient (Wildman–Crippen LogP) is 4.72. The molecule has 3 aromatic carbocycles. The molecule has 1 aliphatic rings. The number of rotatable bonds is 9. The molecule has 2 heterocycles. The number of phenolic OH excluding ortho intramolecular Hbond substituents is 2. The van der Waals surface area contributed by atoms with Crippen LogP contribution in [0.15, 0.2) is 65.7 Å². The molecule has 44 heavy (non-hydrogen) atoms. The number of benzene rings is 3. The van der Waals surface area contributed by atoms with E-state index in [0.29, 0.717) is 24.7 Å². The Balaban J connectivity index is 0.000000205. The Kier molecular flexibility index (Phi) is 10.9. The third-order valence-electron chi connectivity index (χ3n) is 6.86. The molecule has 2 amide bonds. The van der Waals surface area contributed by atoms with E-state index in [1.807, 2.05) is 54.0 Å². The lowest BCUT2D eigenvalue weighted by atomic mass is 10.00. The first-order valence-corrected chi connectivity index (χ1v) is 14.5. The molecule has 1 aliphatic heterocycles. The van der Waals surface area contributed by atoms with Gasteiger partial charge in [0.05, 0.1) is 24.1 Å². The van der Waals surface area contributed by atoms with Crippen LogP contribution in [0.1, 0.15) is 59.3 Å². The van der Waals surface area contributed by atoms with Crippen LogP contribution in [-0.2, 0) is 11.3 Å². The van der Waals surface area contributed by atoms with Gasteiger partial charge in [-0.25, -0.2) is 0 Å². The summed E-state index contributed by atoms with van der Waals surface area (Å²) in [5.74, 6) is 1.26. The van der Waals surface area contributed by atoms with Crippen LogP contribution >= 0.6 is 11.6 Å². The lowest BCUT2D eigenvalue weighted by Gasteiger charge is -2.14. The van der Waals surface area contributed by atoms with E-state index in [2.05, 4.69) is 20.8 Å². The number of nitrogens with zero attached hydrogens (tertiary/aromatic N) is 4. The summed E-state index contributed by atoms with van der Waals surface area (Å²) in [5.41, 5.74) is 3.94. The number of methoxy groups -OCH3 is 1. The Bertz CT molecular complexity index is 1650. The Morgan fingerprint density at radius 2 is 1.70 bits per heavy atom. The topological polar surface area (TPSA) is 151 Å². The summed E-state index contributed by atoms with van der Waals surface area (Å²) in [5, 5.41) is 33.3. The van der Waals surface area contributed by atoms with E-state index >= 15 is 0 Å². The van der Waals surface area contributed by atoms with E-state index in [-0.39, 0.29) is 17.2 Å². The summed E-state index contributed by atoms with van der Waals surface area (Å²) in [7, 11) is 1.66. The highest BCUT2D eigenvalue weighted by Gasteiger charge is 2.22. The number of nitrogens with one attached hydrogen (secondary N) is 2. The number of fused-ring (bicyclic) bond motifs is 3. The van der Waals surface area contributed by atoms with E-state index in [1.54, 1.807) is 7.11 Å². The van der Waals surface area contributed by atoms with E-state index in [9.17, 15) is 19.8 Å². The highest BCUT2D eigenvalue weighted by Crippen LogP contribution is 2.30. The van der Waals surface area contributed by atoms with Crippen LogP contribution in [0.5, 0.6) is 17.2 Å². The van der Waals surface area contributed by atoms with Gasteiger partial charge in [-0.15, -0.1) is 10.2 Å². The summed E-state index contributed by atoms with van der Waals surface area (Å²) in [6.45, 7) is 5.00. The predicted molar refractivity (Wildman–Crippen MR) is 168 cm³/mol. The number of carbonyl (C=O) groups is 2. The Hall–Kier alpha value is -4.90. The number of para-hydroxylation sites is 1. The molecule has 5 rings (SSSR count). The number of halogens is 1. The van der Waals surface area contributed by atoms with Crippen molar-refractivity contribution in [3.63, 3.8) is 0 Å². The van der Waals surface area contributed by atoms with Crippen LogP contribution in [0.2, 0.25) is 5.02 Å². The smallest absolute Gasteiger partial charge is 0.255 e. The number of aliphatic imine (C=N–C) groups is 1. The number of hydrogen-bond donors (Lipinski definition) is 4. The molecule has 0 saturated carbocycles. The molecule has 0 saturated heterocycles. The number of phenols is 2. The number of ether oxygens (including phenoxy) is 1. The zero-order valence-electron chi connectivity index (χ0n) is 24.8. The average Bonchev–Trinajstić information content (AvgIpc) is 3.29. The Morgan fingerprint density at radius 1 is 0.977 bits per heavy atom. The first kappa shape index (κ1) is 32.0. The standard InChI is InChI=1S/C18H15ClN4O.C14H20N2O4/c1-11-21-22-17-10-20-18(12-3-5-13(19)6-4-12)15-9-14(24-2)7-8-16(15)23(11)17;1-10(17)15-8-3-2-4-9-16-14(20)11-6-5-7-12(18)13(11)19/h3-9H,10H2,1-2H3;5-7,18-19H,2-4,8-9H2,1H3,(H,15,17)(H,16,20). The number of aryl methyl sites for hydroxylation is 1. The molecule has 0 aliphatic carbocycles. The Labute approximate surface area is 260 Å². The molecule has 4 aromatic rings. The second-order valence-electron chi connectivity index (χ2n) is 10.0. The van der Waals surface area contributed by atoms with E-state index in [4.69, 9.17) is 21.3 Å². The van der Waals surface area contributed by atoms with Crippen molar-refractivity contribution >= 4 is 29.1 Å². The molecule has 0 radical (unpaired) electrons. The van der Waals surface area contributed by atoms with Crippen LogP contribution in [0.3, 0.4) is 0 Å². The number of unbranched alkanes of at least 4 members (excludes halogenated alkanes) is 2. The monoisotopic (exact) mass is 618 g/mol. The molecule has 0 fully saturated rings. The average molecular weight is 619 g/mol. The van der Waals surface area contributed by atoms with Crippen molar-refractivity contribution < 1.29 is 24.5 Å². The molecule has 0 unspecified atom stereocenters. The van der Waals surface area contributed by atoms with Crippen LogP contribution < -0.4 is 15.4 Å². The molecule has 0 spiro atoms. The largest absolute Gasteiger partial charge is 0.504 e. The molecule has 11 nitrogen and oxygen atoms in total. The van der Waals surface area contributed by atoms with Gasteiger partial charge in [-0.2, -0.15) is 0 Å². The molecular weight excluding hydrogens is 584 g/mol. The number of aromatic hydroxyl groups is 2. The van der Waals surface area contributed by atoms with Crippen LogP contribution in [0.25, 0.3) is 5.69 Å². The molecule has 12 heteroatoms. The molecule has 0 bridgehead atoms. The van der Waals surface area contributed by atoms with Gasteiger partial charge >= 0.3 is 0 Å². The minimum Gasteiger partial charge on any atom is -0.504 e. The van der Waals surface area contributed by atoms with Crippen molar-refractivity contribution in [1.82, 2.24) is 25.4 Å². The SMILES string of the molecule is CC(=O)NCCCCCNC(=O)c1cccc(O)c1O.COc1ccc2c(c1)C(c1ccc(Cl)cc1)=NCc1nnc(C)n1-2. The van der Waals surface area contributed by atoms with Crippen LogP contribution in [0, 0.1) is 6.92 Å². The van der Waals surface area contributed by atoms with Crippen LogP contribution in [-0.4, -0.2) is 62.7 Å². The van der Waals surface area contributed by atoms with Crippen molar-refractivity contribution in [1.29, 1.82) is 0 Å². The van der Waals surface area contributed by atoms with E-state index in [1.165, 1.54) is 25.1 Å². The Morgan fingerprint density at radius 3 is 2.41 bits per heavy atom. The van der Waals surface area contributed by atoms with Gasteiger partial charge in [-0.3, -0.25) is 19.1 Å². The normalized spacial score (nSPS) is 11.6. The van der Waals surface area contributed by atoms with Crippen LogP contribution in [0.4, 0.5) is 0 Å². The number of carbonyl (C=O) groups excluding carboxylic acids is 2. The van der Waals surface area contributed by atoms with Crippen molar-refractivity contribution in [2.75, 3.05) is 20.2 Å². The fourth-order valence-electron chi connectivity index (χ4n) is 4.64. The van der Waals surface area contributed by atoms with Gasteiger partial charge in [0, 0.05) is 36.2 Å². The summed E-state index contributed by atoms with van der Waals surface area (Å²) in [6, 6.07) is 17.9. The quantitative estimate of drug-likeness (QED) is 0.156. The molecule has 1 aromatic heterocycles. The fourth-order valence-corrected chi connectivity index (χ4v) is 4.77. The fraction of sp³-hybridized carbons (Fsp3) is 0.281. The maximum Gasteiger partial charge on any atom is 0.255 e. The second kappa shape index (κ2) is 15.0. The van der Waals surface area contributed by atoms with Crippen molar-refractivity contribution in [2.45, 2.75) is 39.7 Å². The lowest BCUT2D eigenvalue weighted by molar-refractivity contribution is -0.118. The highest BCUT2D eigenvalue weighted by molar-refractivity contribution is 6.30. The van der Waals surface area contributed by atoms with Crippen molar-refractivity contribution in [3.05, 3.63) is 94.0 Å². The van der Waals surface area contributed by atoms with E-state index in [0.717, 1.165) is 59.2 Å². The maximum absolute atomic E-state index is 11.8. The maximum atomic E-state index is 11.8. The molecule has 4 N–H and O–H groups in total. The van der Waals surface area contributed by atoms with Gasteiger partial charge in [-0.1, -0.05) is 29.8 Å². The zero-order chi connectivity index (χ0) is 31.6. The van der Waals surface area contributed by atoms with Gasteiger partial charge < -0.3 is 25.6 Å². The summed E-state index contributed by atoms with van der Waals surface area (Å²) in [6.07, 6.45) is 2.52. The van der Waals surface area contributed by atoms with E-state index < -0.39 is 11.7 Å². The zero-order valence-corrected chi connectivity index (χ0v) is 25.6. The first-order valence-electron chi connectivity index (χ1n) is 14.1. The summed E-state index contributed by atoms with van der Waals surface area (Å²) < 4.78 is 7.45. The summed E-state index contributed by atoms with van der Waals surface area (Å²) in [4.78, 5) is 27.2. The highest BCUT2D eigenvalue weighted by atomic mass is 35.5. The minimum absolute atomic E-state index is 0.0438. The number of amides is 2. The first-order chi connectivity index (χ1) is 21.2. The lowest BCUT2D eigenvalue weighted by Crippen LogP contribution is -2.25. The van der Waals surface area contributed by atoms with Gasteiger partial charge in [0.2, 0.25) is 5.91 Å². The molecule has 0 atom stereocenters. The van der Waals surface area contributed by atoms with Gasteiger partial charge in [0.1, 0.15) is 18.1 Å². The third kappa shape index (κ3) is 7.93. The summed E-state index contributed by atoms with van der Waals surface area (Å²) >= 11 is 6.02. The number of hydrogen-bond acceptors (Lipinski definition) is 8. The molecule has 230 valence electrons. The van der Waals surface area contributed by atoms with Crippen molar-refractivity contribution in [3.8, 4) is 22.9 Å². The molecular formula is C32H35ClN6O5. The van der Waals surface area contributed by atoms with Gasteiger partial charge in [0.15, 0.2) is 17.3 Å². The van der Waals surface area contributed by atoms with Gasteiger partial charge in [0.25, 0.3) is 5.91 Å². The second-order valence-corrected chi connectivity index (χ2v) is 10.5. The van der Waals surface area contributed by atoms with Crippen molar-refractivity contribution in [2.24, 2.45) is 4.99 Å².